The third-order valence-electron chi connectivity index (χ3n) is 6.72. The molecule has 0 aromatic rings. The van der Waals surface area contributed by atoms with Crippen LogP contribution in [-0.2, 0) is 0 Å². The maximum atomic E-state index is 10.6. The Bertz CT molecular complexity index is 322. The molecule has 3 fully saturated rings. The molecule has 1 N–H and O–H groups in total. The third-order valence-corrected chi connectivity index (χ3v) is 6.72. The van der Waals surface area contributed by atoms with Crippen LogP contribution in [0.5, 0.6) is 0 Å². The molecule has 3 aliphatic rings. The van der Waals surface area contributed by atoms with Gasteiger partial charge in [-0.05, 0) is 68.4 Å². The number of aliphatic hydroxyl groups is 1. The van der Waals surface area contributed by atoms with E-state index in [2.05, 4.69) is 18.7 Å². The first kappa shape index (κ1) is 14.8. The molecule has 2 unspecified atom stereocenters. The zero-order chi connectivity index (χ0) is 14.2. The zero-order valence-electron chi connectivity index (χ0n) is 13.5. The number of nitrogens with zero attached hydrogens (tertiary/aromatic N) is 1. The molecule has 0 aromatic carbocycles. The van der Waals surface area contributed by atoms with E-state index in [0.717, 1.165) is 12.0 Å². The number of hydrogen-bond acceptors (Lipinski definition) is 2. The van der Waals surface area contributed by atoms with Gasteiger partial charge in [0.05, 0.1) is 6.10 Å². The predicted molar refractivity (Wildman–Crippen MR) is 83.7 cm³/mol. The lowest BCUT2D eigenvalue weighted by atomic mass is 9.69. The van der Waals surface area contributed by atoms with E-state index >= 15 is 0 Å². The average Bonchev–Trinajstić information content (AvgIpc) is 2.86. The minimum absolute atomic E-state index is 0.0985. The first-order valence-electron chi connectivity index (χ1n) is 8.91. The molecule has 2 atom stereocenters. The molecule has 1 heterocycles. The van der Waals surface area contributed by atoms with E-state index in [4.69, 9.17) is 0 Å². The highest BCUT2D eigenvalue weighted by Crippen LogP contribution is 2.46. The molecule has 0 radical (unpaired) electrons. The number of hydrogen-bond donors (Lipinski definition) is 1. The maximum Gasteiger partial charge on any atom is 0.0631 e. The molecule has 1 spiro atoms. The van der Waals surface area contributed by atoms with Gasteiger partial charge in [-0.1, -0.05) is 33.1 Å². The van der Waals surface area contributed by atoms with E-state index in [-0.39, 0.29) is 11.5 Å². The van der Waals surface area contributed by atoms with Crippen molar-refractivity contribution in [2.75, 3.05) is 19.6 Å². The average molecular weight is 279 g/mol. The first-order chi connectivity index (χ1) is 9.51. The highest BCUT2D eigenvalue weighted by molar-refractivity contribution is 4.93. The fourth-order valence-electron chi connectivity index (χ4n) is 5.12. The molecule has 1 saturated heterocycles. The molecule has 2 saturated carbocycles. The van der Waals surface area contributed by atoms with Gasteiger partial charge in [-0.15, -0.1) is 0 Å². The molecular weight excluding hydrogens is 246 g/mol. The van der Waals surface area contributed by atoms with Crippen molar-refractivity contribution < 1.29 is 5.11 Å². The molecule has 0 amide bonds. The molecule has 0 bridgehead atoms. The number of aliphatic hydroxyl groups excluding tert-OH is 1. The second-order valence-corrected chi connectivity index (χ2v) is 8.59. The van der Waals surface area contributed by atoms with Crippen LogP contribution in [0, 0.1) is 16.7 Å². The summed E-state index contributed by atoms with van der Waals surface area (Å²) in [6, 6.07) is 0. The summed E-state index contributed by atoms with van der Waals surface area (Å²) >= 11 is 0. The lowest BCUT2D eigenvalue weighted by Gasteiger charge is -2.45. The van der Waals surface area contributed by atoms with Gasteiger partial charge in [-0.3, -0.25) is 0 Å². The summed E-state index contributed by atoms with van der Waals surface area (Å²) in [5, 5.41) is 10.6. The van der Waals surface area contributed by atoms with Crippen molar-refractivity contribution in [3.8, 4) is 0 Å². The van der Waals surface area contributed by atoms with Crippen LogP contribution in [0.4, 0.5) is 0 Å². The molecule has 0 aromatic heterocycles. The minimum Gasteiger partial charge on any atom is -0.392 e. The van der Waals surface area contributed by atoms with Crippen molar-refractivity contribution in [3.05, 3.63) is 0 Å². The fraction of sp³-hybridized carbons (Fsp3) is 1.00. The van der Waals surface area contributed by atoms with Gasteiger partial charge in [0.25, 0.3) is 0 Å². The molecule has 20 heavy (non-hydrogen) atoms. The van der Waals surface area contributed by atoms with Crippen LogP contribution in [0.15, 0.2) is 0 Å². The highest BCUT2D eigenvalue weighted by atomic mass is 16.3. The maximum absolute atomic E-state index is 10.6. The normalized spacial score (nSPS) is 37.4. The quantitative estimate of drug-likeness (QED) is 0.830. The Morgan fingerprint density at radius 1 is 0.950 bits per heavy atom. The zero-order valence-corrected chi connectivity index (χ0v) is 13.5. The van der Waals surface area contributed by atoms with E-state index < -0.39 is 0 Å². The van der Waals surface area contributed by atoms with Crippen molar-refractivity contribution in [3.63, 3.8) is 0 Å². The standard InChI is InChI=1S/C18H33NO/c1-17(2)7-5-6-15(16(17)20)14-19-12-10-18(11-13-19)8-3-4-9-18/h15-16,20H,3-14H2,1-2H3. The van der Waals surface area contributed by atoms with Crippen LogP contribution >= 0.6 is 0 Å². The van der Waals surface area contributed by atoms with Gasteiger partial charge in [0.2, 0.25) is 0 Å². The van der Waals surface area contributed by atoms with Gasteiger partial charge >= 0.3 is 0 Å². The van der Waals surface area contributed by atoms with Crippen LogP contribution in [0.1, 0.15) is 71.6 Å². The van der Waals surface area contributed by atoms with Crippen molar-refractivity contribution in [2.24, 2.45) is 16.7 Å². The van der Waals surface area contributed by atoms with E-state index in [0.29, 0.717) is 5.92 Å². The Kier molecular flexibility index (Phi) is 4.16. The monoisotopic (exact) mass is 279 g/mol. The summed E-state index contributed by atoms with van der Waals surface area (Å²) < 4.78 is 0. The Morgan fingerprint density at radius 2 is 1.60 bits per heavy atom. The molecule has 2 nitrogen and oxygen atoms in total. The van der Waals surface area contributed by atoms with Crippen LogP contribution in [0.3, 0.4) is 0 Å². The SMILES string of the molecule is CC1(C)CCCC(CN2CCC3(CCCC3)CC2)C1O. The molecule has 2 aliphatic carbocycles. The minimum atomic E-state index is -0.0985. The molecular formula is C18H33NO. The van der Waals surface area contributed by atoms with Crippen LogP contribution in [-0.4, -0.2) is 35.7 Å². The van der Waals surface area contributed by atoms with E-state index in [1.165, 1.54) is 70.9 Å². The number of rotatable bonds is 2. The summed E-state index contributed by atoms with van der Waals surface area (Å²) in [6.45, 7) is 8.19. The summed E-state index contributed by atoms with van der Waals surface area (Å²) in [6.07, 6.45) is 12.4. The third kappa shape index (κ3) is 2.92. The van der Waals surface area contributed by atoms with Gasteiger partial charge in [0, 0.05) is 6.54 Å². The second kappa shape index (κ2) is 5.61. The van der Waals surface area contributed by atoms with Crippen molar-refractivity contribution in [1.82, 2.24) is 4.90 Å². The Balaban J connectivity index is 1.52. The highest BCUT2D eigenvalue weighted by Gasteiger charge is 2.40. The molecule has 1 aliphatic heterocycles. The molecule has 2 heteroatoms. The summed E-state index contributed by atoms with van der Waals surface area (Å²) in [7, 11) is 0. The summed E-state index contributed by atoms with van der Waals surface area (Å²) in [5.41, 5.74) is 0.854. The van der Waals surface area contributed by atoms with Crippen LogP contribution < -0.4 is 0 Å². The van der Waals surface area contributed by atoms with E-state index in [9.17, 15) is 5.11 Å². The van der Waals surface area contributed by atoms with Crippen molar-refractivity contribution in [1.29, 1.82) is 0 Å². The van der Waals surface area contributed by atoms with Gasteiger partial charge in [-0.25, -0.2) is 0 Å². The first-order valence-corrected chi connectivity index (χ1v) is 8.91. The number of likely N-dealkylation sites (tertiary alicyclic amines) is 1. The Labute approximate surface area is 124 Å². The Hall–Kier alpha value is -0.0800. The van der Waals surface area contributed by atoms with Gasteiger partial charge in [0.1, 0.15) is 0 Å². The fourth-order valence-corrected chi connectivity index (χ4v) is 5.12. The number of piperidine rings is 1. The summed E-state index contributed by atoms with van der Waals surface area (Å²) in [4.78, 5) is 2.65. The van der Waals surface area contributed by atoms with Crippen molar-refractivity contribution in [2.45, 2.75) is 77.7 Å². The van der Waals surface area contributed by atoms with Crippen LogP contribution in [0.2, 0.25) is 0 Å². The van der Waals surface area contributed by atoms with Gasteiger partial charge in [-0.2, -0.15) is 0 Å². The van der Waals surface area contributed by atoms with Crippen molar-refractivity contribution >= 4 is 0 Å². The lowest BCUT2D eigenvalue weighted by molar-refractivity contribution is -0.0480. The topological polar surface area (TPSA) is 23.5 Å². The van der Waals surface area contributed by atoms with E-state index in [1.54, 1.807) is 0 Å². The van der Waals surface area contributed by atoms with Gasteiger partial charge < -0.3 is 10.0 Å². The second-order valence-electron chi connectivity index (χ2n) is 8.59. The summed E-state index contributed by atoms with van der Waals surface area (Å²) in [5.74, 6) is 0.511. The van der Waals surface area contributed by atoms with E-state index in [1.807, 2.05) is 0 Å². The van der Waals surface area contributed by atoms with Gasteiger partial charge in [0.15, 0.2) is 0 Å². The molecule has 116 valence electrons. The predicted octanol–water partition coefficient (Wildman–Crippen LogP) is 3.83. The smallest absolute Gasteiger partial charge is 0.0631 e. The largest absolute Gasteiger partial charge is 0.392 e. The lowest BCUT2D eigenvalue weighted by Crippen LogP contribution is -2.47. The van der Waals surface area contributed by atoms with Crippen LogP contribution in [0.25, 0.3) is 0 Å². The molecule has 3 rings (SSSR count). The Morgan fingerprint density at radius 3 is 2.25 bits per heavy atom.